The molecule has 0 radical (unpaired) electrons. The van der Waals surface area contributed by atoms with Crippen LogP contribution < -0.4 is 5.32 Å². The third kappa shape index (κ3) is 7.23. The lowest BCUT2D eigenvalue weighted by Crippen LogP contribution is -2.24. The Morgan fingerprint density at radius 3 is 3.00 bits per heavy atom. The molecule has 0 bridgehead atoms. The lowest BCUT2D eigenvalue weighted by Gasteiger charge is -2.00. The third-order valence-electron chi connectivity index (χ3n) is 0.614. The second kappa shape index (κ2) is 5.37. The summed E-state index contributed by atoms with van der Waals surface area (Å²) in [6, 6.07) is 0. The SMILES string of the molecule is C=COCCNC(O)=S. The first-order chi connectivity index (χ1) is 4.27. The van der Waals surface area contributed by atoms with Crippen molar-refractivity contribution < 1.29 is 9.84 Å². The van der Waals surface area contributed by atoms with Crippen molar-refractivity contribution in [2.75, 3.05) is 13.2 Å². The minimum absolute atomic E-state index is 0.206. The van der Waals surface area contributed by atoms with Crippen molar-refractivity contribution in [3.63, 3.8) is 0 Å². The molecule has 0 atom stereocenters. The van der Waals surface area contributed by atoms with Gasteiger partial charge in [-0.3, -0.25) is 0 Å². The molecule has 0 rings (SSSR count). The Kier molecular flexibility index (Phi) is 4.91. The molecule has 9 heavy (non-hydrogen) atoms. The Morgan fingerprint density at radius 1 is 1.89 bits per heavy atom. The number of nitrogens with one attached hydrogen (secondary N) is 1. The maximum Gasteiger partial charge on any atom is 0.254 e. The summed E-state index contributed by atoms with van der Waals surface area (Å²) in [6.45, 7) is 4.30. The molecule has 0 amide bonds. The lowest BCUT2D eigenvalue weighted by molar-refractivity contribution is 0.254. The van der Waals surface area contributed by atoms with Gasteiger partial charge < -0.3 is 15.2 Å². The minimum Gasteiger partial charge on any atom is -0.500 e. The average molecular weight is 147 g/mol. The number of hydrogen-bond donors (Lipinski definition) is 2. The Labute approximate surface area is 59.3 Å². The molecule has 0 saturated carbocycles. The highest BCUT2D eigenvalue weighted by Gasteiger charge is 1.85. The summed E-state index contributed by atoms with van der Waals surface area (Å²) < 4.78 is 4.71. The van der Waals surface area contributed by atoms with Crippen LogP contribution >= 0.6 is 12.2 Å². The highest BCUT2D eigenvalue weighted by Crippen LogP contribution is 1.70. The summed E-state index contributed by atoms with van der Waals surface area (Å²) in [5.41, 5.74) is 0. The van der Waals surface area contributed by atoms with Gasteiger partial charge in [0.2, 0.25) is 0 Å². The van der Waals surface area contributed by atoms with E-state index in [1.807, 2.05) is 0 Å². The topological polar surface area (TPSA) is 41.5 Å². The molecule has 0 aromatic rings. The number of thiocarbonyl (C=S) groups is 1. The smallest absolute Gasteiger partial charge is 0.254 e. The summed E-state index contributed by atoms with van der Waals surface area (Å²) in [5, 5.41) is 10.7. The van der Waals surface area contributed by atoms with E-state index in [1.165, 1.54) is 6.26 Å². The van der Waals surface area contributed by atoms with Crippen molar-refractivity contribution in [3.8, 4) is 0 Å². The molecule has 0 saturated heterocycles. The van der Waals surface area contributed by atoms with E-state index < -0.39 is 0 Å². The summed E-state index contributed by atoms with van der Waals surface area (Å²) in [5.74, 6) is 0. The molecule has 0 heterocycles. The van der Waals surface area contributed by atoms with Crippen molar-refractivity contribution >= 4 is 17.4 Å². The molecule has 0 spiro atoms. The number of ether oxygens (including phenoxy) is 1. The van der Waals surface area contributed by atoms with E-state index in [1.54, 1.807) is 0 Å². The predicted octanol–water partition coefficient (Wildman–Crippen LogP) is 0.579. The van der Waals surface area contributed by atoms with Crippen LogP contribution in [0.4, 0.5) is 0 Å². The van der Waals surface area contributed by atoms with Gasteiger partial charge >= 0.3 is 0 Å². The van der Waals surface area contributed by atoms with Gasteiger partial charge in [-0.2, -0.15) is 0 Å². The van der Waals surface area contributed by atoms with Gasteiger partial charge in [0.1, 0.15) is 6.61 Å². The number of hydrogen-bond acceptors (Lipinski definition) is 2. The van der Waals surface area contributed by atoms with Gasteiger partial charge in [-0.1, -0.05) is 6.58 Å². The highest BCUT2D eigenvalue weighted by atomic mass is 32.1. The van der Waals surface area contributed by atoms with E-state index in [4.69, 9.17) is 9.84 Å². The van der Waals surface area contributed by atoms with Gasteiger partial charge in [0.05, 0.1) is 12.8 Å². The summed E-state index contributed by atoms with van der Waals surface area (Å²) in [6.07, 6.45) is 1.34. The van der Waals surface area contributed by atoms with Crippen LogP contribution in [0.25, 0.3) is 0 Å². The first-order valence-corrected chi connectivity index (χ1v) is 2.87. The molecular weight excluding hydrogens is 138 g/mol. The van der Waals surface area contributed by atoms with E-state index in [0.29, 0.717) is 13.2 Å². The predicted molar refractivity (Wildman–Crippen MR) is 39.4 cm³/mol. The Hall–Kier alpha value is -0.770. The fourth-order valence-corrected chi connectivity index (χ4v) is 0.402. The molecule has 52 valence electrons. The molecular formula is C5H9NO2S. The Bertz CT molecular complexity index is 105. The lowest BCUT2D eigenvalue weighted by atomic mass is 10.7. The van der Waals surface area contributed by atoms with Crippen LogP contribution in [0.5, 0.6) is 0 Å². The fraction of sp³-hybridized carbons (Fsp3) is 0.400. The summed E-state index contributed by atoms with van der Waals surface area (Å²) in [7, 11) is 0. The van der Waals surface area contributed by atoms with Crippen LogP contribution in [0.2, 0.25) is 0 Å². The Morgan fingerprint density at radius 2 is 2.56 bits per heavy atom. The van der Waals surface area contributed by atoms with Crippen LogP contribution in [-0.4, -0.2) is 23.4 Å². The van der Waals surface area contributed by atoms with Gasteiger partial charge in [0, 0.05) is 0 Å². The van der Waals surface area contributed by atoms with Gasteiger partial charge in [0.15, 0.2) is 0 Å². The van der Waals surface area contributed by atoms with E-state index >= 15 is 0 Å². The number of rotatable bonds is 4. The average Bonchev–Trinajstić information content (AvgIpc) is 1.80. The van der Waals surface area contributed by atoms with Crippen LogP contribution in [0, 0.1) is 0 Å². The van der Waals surface area contributed by atoms with E-state index in [9.17, 15) is 0 Å². The zero-order valence-electron chi connectivity index (χ0n) is 4.96. The highest BCUT2D eigenvalue weighted by molar-refractivity contribution is 7.79. The molecule has 0 aliphatic carbocycles. The molecule has 0 unspecified atom stereocenters. The molecule has 0 aromatic heterocycles. The van der Waals surface area contributed by atoms with Crippen LogP contribution in [0.15, 0.2) is 12.8 Å². The molecule has 2 N–H and O–H groups in total. The van der Waals surface area contributed by atoms with Gasteiger partial charge in [-0.25, -0.2) is 0 Å². The molecule has 3 nitrogen and oxygen atoms in total. The van der Waals surface area contributed by atoms with Gasteiger partial charge in [-0.05, 0) is 12.2 Å². The van der Waals surface area contributed by atoms with Crippen molar-refractivity contribution in [1.29, 1.82) is 0 Å². The van der Waals surface area contributed by atoms with E-state index in [0.717, 1.165) is 0 Å². The van der Waals surface area contributed by atoms with Crippen molar-refractivity contribution in [3.05, 3.63) is 12.8 Å². The molecule has 4 heteroatoms. The van der Waals surface area contributed by atoms with E-state index in [2.05, 4.69) is 24.1 Å². The number of aliphatic hydroxyl groups excluding tert-OH is 1. The molecule has 0 aromatic carbocycles. The molecule has 0 aliphatic rings. The Balaban J connectivity index is 2.91. The maximum atomic E-state index is 8.39. The minimum atomic E-state index is -0.206. The van der Waals surface area contributed by atoms with E-state index in [-0.39, 0.29) is 5.17 Å². The van der Waals surface area contributed by atoms with Crippen molar-refractivity contribution in [2.45, 2.75) is 0 Å². The summed E-state index contributed by atoms with van der Waals surface area (Å²) >= 11 is 4.31. The van der Waals surface area contributed by atoms with Gasteiger partial charge in [-0.15, -0.1) is 0 Å². The zero-order valence-corrected chi connectivity index (χ0v) is 5.78. The first kappa shape index (κ1) is 8.23. The normalized spacial score (nSPS) is 8.00. The number of aliphatic hydroxyl groups is 1. The largest absolute Gasteiger partial charge is 0.500 e. The second-order valence-electron chi connectivity index (χ2n) is 1.27. The second-order valence-corrected chi connectivity index (χ2v) is 1.66. The van der Waals surface area contributed by atoms with Crippen LogP contribution in [0.1, 0.15) is 0 Å². The van der Waals surface area contributed by atoms with Crippen LogP contribution in [0.3, 0.4) is 0 Å². The molecule has 0 fully saturated rings. The monoisotopic (exact) mass is 147 g/mol. The van der Waals surface area contributed by atoms with Crippen LogP contribution in [-0.2, 0) is 4.74 Å². The third-order valence-corrected chi connectivity index (χ3v) is 0.758. The zero-order chi connectivity index (χ0) is 7.11. The quantitative estimate of drug-likeness (QED) is 0.347. The molecule has 0 aliphatic heterocycles. The summed E-state index contributed by atoms with van der Waals surface area (Å²) in [4.78, 5) is 0. The van der Waals surface area contributed by atoms with Crippen molar-refractivity contribution in [2.24, 2.45) is 0 Å². The standard InChI is InChI=1S/C5H9NO2S/c1-2-8-4-3-6-5(7)9/h2H,1,3-4H2,(H2,6,7,9). The van der Waals surface area contributed by atoms with Crippen molar-refractivity contribution in [1.82, 2.24) is 5.32 Å². The first-order valence-electron chi connectivity index (χ1n) is 2.46. The maximum absolute atomic E-state index is 8.39. The van der Waals surface area contributed by atoms with Gasteiger partial charge in [0.25, 0.3) is 5.17 Å². The fourth-order valence-electron chi connectivity index (χ4n) is 0.300.